The molecule has 0 fully saturated rings. The molecule has 0 N–H and O–H groups in total. The first-order valence-corrected chi connectivity index (χ1v) is 21.9. The van der Waals surface area contributed by atoms with Crippen LogP contribution in [0.3, 0.4) is 0 Å². The average molecular weight is 705 g/mol. The third-order valence-corrected chi connectivity index (χ3v) is 10.0. The molecule has 0 aliphatic carbocycles. The highest BCUT2D eigenvalue weighted by molar-refractivity contribution is 5.75. The van der Waals surface area contributed by atoms with Gasteiger partial charge in [0.1, 0.15) is 0 Å². The number of allylic oxidation sites excluding steroid dienone is 4. The Morgan fingerprint density at radius 2 is 0.840 bits per heavy atom. The maximum absolute atomic E-state index is 12.3. The van der Waals surface area contributed by atoms with Crippen molar-refractivity contribution < 1.29 is 14.3 Å². The zero-order valence-corrected chi connectivity index (χ0v) is 34.7. The summed E-state index contributed by atoms with van der Waals surface area (Å²) in [5.74, 6) is 0.181. The van der Waals surface area contributed by atoms with Gasteiger partial charge in [0.05, 0.1) is 25.4 Å². The van der Waals surface area contributed by atoms with Gasteiger partial charge in [-0.05, 0) is 78.1 Å². The first-order chi connectivity index (χ1) is 24.4. The van der Waals surface area contributed by atoms with Crippen molar-refractivity contribution in [2.75, 3.05) is 46.9 Å². The molecule has 0 bridgehead atoms. The highest BCUT2D eigenvalue weighted by Crippen LogP contribution is 2.13. The zero-order chi connectivity index (χ0) is 36.8. The van der Waals surface area contributed by atoms with Crippen LogP contribution in [0.1, 0.15) is 201 Å². The molecule has 0 saturated heterocycles. The molecule has 0 aliphatic heterocycles. The van der Waals surface area contributed by atoms with Crippen molar-refractivity contribution >= 4 is 5.91 Å². The van der Waals surface area contributed by atoms with Crippen molar-refractivity contribution in [1.82, 2.24) is 9.80 Å². The number of carbonyl (C=O) groups excluding carboxylic acids is 1. The van der Waals surface area contributed by atoms with E-state index in [-0.39, 0.29) is 18.1 Å². The molecule has 0 aromatic heterocycles. The summed E-state index contributed by atoms with van der Waals surface area (Å²) in [6, 6.07) is 0. The topological polar surface area (TPSA) is 42.0 Å². The molecule has 0 radical (unpaired) electrons. The molecule has 0 heterocycles. The van der Waals surface area contributed by atoms with Gasteiger partial charge in [-0.2, -0.15) is 0 Å². The van der Waals surface area contributed by atoms with Crippen LogP contribution in [0.4, 0.5) is 0 Å². The summed E-state index contributed by atoms with van der Waals surface area (Å²) < 4.78 is 12.4. The Hall–Kier alpha value is -1.17. The van der Waals surface area contributed by atoms with Gasteiger partial charge < -0.3 is 14.4 Å². The predicted molar refractivity (Wildman–Crippen MR) is 220 cm³/mol. The minimum atomic E-state index is 0.181. The third-order valence-electron chi connectivity index (χ3n) is 10.0. The Morgan fingerprint density at radius 3 is 1.20 bits per heavy atom. The number of rotatable bonds is 39. The minimum Gasteiger partial charge on any atom is -0.377 e. The van der Waals surface area contributed by atoms with Crippen molar-refractivity contribution in [2.24, 2.45) is 0 Å². The van der Waals surface area contributed by atoms with E-state index < -0.39 is 0 Å². The lowest BCUT2D eigenvalue weighted by Crippen LogP contribution is -2.36. The van der Waals surface area contributed by atoms with E-state index in [2.05, 4.69) is 56.9 Å². The number of nitrogens with zero attached hydrogens (tertiary/aromatic N) is 2. The van der Waals surface area contributed by atoms with E-state index in [1.54, 1.807) is 4.90 Å². The van der Waals surface area contributed by atoms with Crippen LogP contribution in [-0.4, -0.2) is 74.9 Å². The van der Waals surface area contributed by atoms with Crippen LogP contribution in [0, 0.1) is 0 Å². The summed E-state index contributed by atoms with van der Waals surface area (Å²) in [4.78, 5) is 16.3. The van der Waals surface area contributed by atoms with Crippen LogP contribution in [0.15, 0.2) is 24.3 Å². The zero-order valence-electron chi connectivity index (χ0n) is 34.7. The average Bonchev–Trinajstić information content (AvgIpc) is 3.10. The summed E-state index contributed by atoms with van der Waals surface area (Å²) in [5, 5.41) is 0. The molecule has 1 amide bonds. The van der Waals surface area contributed by atoms with Gasteiger partial charge in [0.2, 0.25) is 5.91 Å². The van der Waals surface area contributed by atoms with Crippen molar-refractivity contribution in [3.63, 3.8) is 0 Å². The van der Waals surface area contributed by atoms with Crippen molar-refractivity contribution in [3.8, 4) is 0 Å². The number of ether oxygens (including phenoxy) is 2. The summed E-state index contributed by atoms with van der Waals surface area (Å²) in [6.07, 6.45) is 44.9. The molecule has 50 heavy (non-hydrogen) atoms. The largest absolute Gasteiger partial charge is 0.377 e. The first kappa shape index (κ1) is 48.8. The molecule has 0 saturated carbocycles. The van der Waals surface area contributed by atoms with Crippen molar-refractivity contribution in [1.29, 1.82) is 0 Å². The lowest BCUT2D eigenvalue weighted by Gasteiger charge is -2.24. The molecular formula is C45H88N2O3. The van der Waals surface area contributed by atoms with E-state index in [0.29, 0.717) is 19.6 Å². The summed E-state index contributed by atoms with van der Waals surface area (Å²) in [7, 11) is 3.68. The van der Waals surface area contributed by atoms with Crippen molar-refractivity contribution in [2.45, 2.75) is 213 Å². The van der Waals surface area contributed by atoms with E-state index in [9.17, 15) is 4.79 Å². The normalized spacial score (nSPS) is 13.3. The monoisotopic (exact) mass is 705 g/mol. The fraction of sp³-hybridized carbons (Fsp3) is 0.889. The Morgan fingerprint density at radius 1 is 0.500 bits per heavy atom. The molecule has 5 heteroatoms. The van der Waals surface area contributed by atoms with Gasteiger partial charge in [0, 0.05) is 40.2 Å². The van der Waals surface area contributed by atoms with E-state index >= 15 is 0 Å². The Bertz CT molecular complexity index is 703. The molecule has 0 aliphatic rings. The molecule has 296 valence electrons. The fourth-order valence-electron chi connectivity index (χ4n) is 6.40. The van der Waals surface area contributed by atoms with Gasteiger partial charge in [-0.25, -0.2) is 0 Å². The molecule has 2 unspecified atom stereocenters. The molecule has 0 aromatic rings. The van der Waals surface area contributed by atoms with Gasteiger partial charge in [0.15, 0.2) is 0 Å². The van der Waals surface area contributed by atoms with Crippen LogP contribution in [0.5, 0.6) is 0 Å². The number of hydrogen-bond acceptors (Lipinski definition) is 4. The summed E-state index contributed by atoms with van der Waals surface area (Å²) >= 11 is 0. The van der Waals surface area contributed by atoms with E-state index in [1.165, 1.54) is 154 Å². The van der Waals surface area contributed by atoms with Gasteiger partial charge in [0.25, 0.3) is 0 Å². The second kappa shape index (κ2) is 39.0. The van der Waals surface area contributed by atoms with Gasteiger partial charge in [-0.15, -0.1) is 0 Å². The third kappa shape index (κ3) is 36.6. The number of carbonyl (C=O) groups is 1. The first-order valence-electron chi connectivity index (χ1n) is 21.9. The van der Waals surface area contributed by atoms with Crippen LogP contribution in [-0.2, 0) is 14.3 Å². The van der Waals surface area contributed by atoms with Crippen LogP contribution < -0.4 is 0 Å². The molecular weight excluding hydrogens is 617 g/mol. The SMILES string of the molecule is CCCCCCCCC=CCCCCCCC(C)OCCN(CCOC(C)CCCCCCC=CCCCCCCCC)CCC(=O)N(C)C. The summed E-state index contributed by atoms with van der Waals surface area (Å²) in [6.45, 7) is 12.9. The van der Waals surface area contributed by atoms with Crippen molar-refractivity contribution in [3.05, 3.63) is 24.3 Å². The highest BCUT2D eigenvalue weighted by atomic mass is 16.5. The number of hydrogen-bond donors (Lipinski definition) is 0. The Balaban J connectivity index is 3.99. The van der Waals surface area contributed by atoms with Crippen LogP contribution >= 0.6 is 0 Å². The molecule has 0 spiro atoms. The smallest absolute Gasteiger partial charge is 0.223 e. The summed E-state index contributed by atoms with van der Waals surface area (Å²) in [5.41, 5.74) is 0. The minimum absolute atomic E-state index is 0.181. The van der Waals surface area contributed by atoms with Gasteiger partial charge in [-0.3, -0.25) is 9.69 Å². The molecule has 5 nitrogen and oxygen atoms in total. The van der Waals surface area contributed by atoms with E-state index in [0.717, 1.165) is 32.5 Å². The fourth-order valence-corrected chi connectivity index (χ4v) is 6.40. The number of unbranched alkanes of at least 4 members (excludes halogenated alkanes) is 20. The predicted octanol–water partition coefficient (Wildman–Crippen LogP) is 12.9. The van der Waals surface area contributed by atoms with E-state index in [1.807, 2.05) is 14.1 Å². The standard InChI is InChI=1S/C45H88N2O3/c1-7-9-11-13-15-17-19-21-23-25-27-29-31-33-35-43(3)49-41-39-47(38-37-45(48)46(5)6)40-42-50-44(4)36-34-32-30-28-26-24-22-20-18-16-14-12-10-8-2/h21-24,43-44H,7-20,25-42H2,1-6H3. The number of amides is 1. The lowest BCUT2D eigenvalue weighted by atomic mass is 10.1. The quantitative estimate of drug-likeness (QED) is 0.0472. The maximum Gasteiger partial charge on any atom is 0.223 e. The van der Waals surface area contributed by atoms with Gasteiger partial charge in [-0.1, -0.05) is 141 Å². The maximum atomic E-state index is 12.3. The lowest BCUT2D eigenvalue weighted by molar-refractivity contribution is -0.129. The second-order valence-corrected chi connectivity index (χ2v) is 15.3. The van der Waals surface area contributed by atoms with Crippen LogP contribution in [0.25, 0.3) is 0 Å². The molecule has 0 aromatic carbocycles. The Labute approximate surface area is 313 Å². The second-order valence-electron chi connectivity index (χ2n) is 15.3. The van der Waals surface area contributed by atoms with Crippen LogP contribution in [0.2, 0.25) is 0 Å². The molecule has 0 rings (SSSR count). The van der Waals surface area contributed by atoms with Gasteiger partial charge >= 0.3 is 0 Å². The molecule has 2 atom stereocenters. The highest BCUT2D eigenvalue weighted by Gasteiger charge is 2.12. The van der Waals surface area contributed by atoms with E-state index in [4.69, 9.17) is 9.47 Å². The Kier molecular flexibility index (Phi) is 38.1.